The minimum atomic E-state index is -0.0188. The van der Waals surface area contributed by atoms with Gasteiger partial charge in [-0.3, -0.25) is 0 Å². The molecule has 1 atom stereocenters. The Morgan fingerprint density at radius 1 is 1.28 bits per heavy atom. The number of rotatable bonds is 1. The summed E-state index contributed by atoms with van der Waals surface area (Å²) in [5.41, 5.74) is 10.1. The molecular formula is C15H16N2O. The second-order valence-corrected chi connectivity index (χ2v) is 4.76. The molecule has 2 aliphatic rings. The van der Waals surface area contributed by atoms with E-state index in [1.807, 2.05) is 44.5 Å². The molecule has 18 heavy (non-hydrogen) atoms. The molecule has 0 bridgehead atoms. The van der Waals surface area contributed by atoms with E-state index >= 15 is 0 Å². The fraction of sp³-hybridized carbons (Fsp3) is 0.200. The third kappa shape index (κ3) is 1.68. The van der Waals surface area contributed by atoms with Crippen molar-refractivity contribution in [1.29, 1.82) is 0 Å². The van der Waals surface area contributed by atoms with Crippen LogP contribution in [-0.4, -0.2) is 20.2 Å². The molecule has 0 saturated carbocycles. The molecule has 1 aromatic carbocycles. The smallest absolute Gasteiger partial charge is 0.143 e. The average Bonchev–Trinajstić information content (AvgIpc) is 2.56. The van der Waals surface area contributed by atoms with E-state index in [1.165, 1.54) is 0 Å². The van der Waals surface area contributed by atoms with Crippen LogP contribution in [0.1, 0.15) is 5.56 Å². The Labute approximate surface area is 107 Å². The second kappa shape index (κ2) is 3.95. The van der Waals surface area contributed by atoms with E-state index in [2.05, 4.69) is 17.0 Å². The van der Waals surface area contributed by atoms with E-state index in [-0.39, 0.29) is 6.10 Å². The summed E-state index contributed by atoms with van der Waals surface area (Å²) in [6.07, 6.45) is 7.85. The first-order chi connectivity index (χ1) is 8.65. The van der Waals surface area contributed by atoms with Gasteiger partial charge in [-0.1, -0.05) is 6.08 Å². The highest BCUT2D eigenvalue weighted by molar-refractivity contribution is 5.82. The Morgan fingerprint density at radius 3 is 2.89 bits per heavy atom. The molecule has 0 fully saturated rings. The van der Waals surface area contributed by atoms with E-state index in [0.29, 0.717) is 0 Å². The van der Waals surface area contributed by atoms with Gasteiger partial charge in [-0.15, -0.1) is 0 Å². The number of fused-ring (bicyclic) bond motifs is 3. The van der Waals surface area contributed by atoms with Crippen LogP contribution < -0.4 is 15.4 Å². The largest absolute Gasteiger partial charge is 0.481 e. The van der Waals surface area contributed by atoms with Gasteiger partial charge in [0.1, 0.15) is 11.9 Å². The van der Waals surface area contributed by atoms with Gasteiger partial charge in [0.2, 0.25) is 0 Å². The quantitative estimate of drug-likeness (QED) is 0.818. The molecule has 3 nitrogen and oxygen atoms in total. The van der Waals surface area contributed by atoms with Gasteiger partial charge in [0, 0.05) is 36.6 Å². The summed E-state index contributed by atoms with van der Waals surface area (Å²) in [5.74, 6) is 0.927. The van der Waals surface area contributed by atoms with Crippen molar-refractivity contribution in [3.63, 3.8) is 0 Å². The lowest BCUT2D eigenvalue weighted by molar-refractivity contribution is 0.323. The number of nitrogens with two attached hydrogens (primary N) is 1. The van der Waals surface area contributed by atoms with Crippen LogP contribution in [0.5, 0.6) is 5.75 Å². The van der Waals surface area contributed by atoms with Gasteiger partial charge in [0.25, 0.3) is 0 Å². The van der Waals surface area contributed by atoms with Crippen LogP contribution in [0.4, 0.5) is 5.69 Å². The first-order valence-corrected chi connectivity index (χ1v) is 5.99. The first kappa shape index (κ1) is 11.0. The Balaban J connectivity index is 2.12. The molecule has 1 aliphatic carbocycles. The standard InChI is InChI=1S/C15H16N2O/c1-17(2)11-6-7-15-13(9-11)12-8-10(16)4-3-5-14(12)18-15/h3-9,14H,16H2,1-2H3. The minimum absolute atomic E-state index is 0.0188. The van der Waals surface area contributed by atoms with Crippen LogP contribution in [0.3, 0.4) is 0 Å². The molecule has 3 heteroatoms. The number of benzene rings is 1. The zero-order valence-corrected chi connectivity index (χ0v) is 10.6. The van der Waals surface area contributed by atoms with Crippen LogP contribution in [0, 0.1) is 0 Å². The zero-order valence-electron chi connectivity index (χ0n) is 10.6. The van der Waals surface area contributed by atoms with Crippen molar-refractivity contribution in [3.05, 3.63) is 53.8 Å². The lowest BCUT2D eigenvalue weighted by atomic mass is 10.0. The predicted octanol–water partition coefficient (Wildman–Crippen LogP) is 2.31. The molecule has 3 rings (SSSR count). The molecule has 1 heterocycles. The summed E-state index contributed by atoms with van der Waals surface area (Å²) in [7, 11) is 4.06. The van der Waals surface area contributed by atoms with Gasteiger partial charge in [-0.2, -0.15) is 0 Å². The van der Waals surface area contributed by atoms with Crippen molar-refractivity contribution >= 4 is 11.3 Å². The van der Waals surface area contributed by atoms with E-state index in [0.717, 1.165) is 28.3 Å². The van der Waals surface area contributed by atoms with Gasteiger partial charge >= 0.3 is 0 Å². The minimum Gasteiger partial charge on any atom is -0.481 e. The zero-order chi connectivity index (χ0) is 12.7. The lowest BCUT2D eigenvalue weighted by Gasteiger charge is -2.13. The van der Waals surface area contributed by atoms with Crippen LogP contribution >= 0.6 is 0 Å². The van der Waals surface area contributed by atoms with Crippen molar-refractivity contribution in [2.75, 3.05) is 19.0 Å². The third-order valence-corrected chi connectivity index (χ3v) is 3.25. The topological polar surface area (TPSA) is 38.5 Å². The molecule has 0 saturated heterocycles. The summed E-state index contributed by atoms with van der Waals surface area (Å²) >= 11 is 0. The van der Waals surface area contributed by atoms with Gasteiger partial charge in [0.05, 0.1) is 0 Å². The van der Waals surface area contributed by atoms with E-state index in [4.69, 9.17) is 10.5 Å². The fourth-order valence-electron chi connectivity index (χ4n) is 2.28. The van der Waals surface area contributed by atoms with Gasteiger partial charge < -0.3 is 15.4 Å². The van der Waals surface area contributed by atoms with Crippen molar-refractivity contribution < 1.29 is 4.74 Å². The Hall–Kier alpha value is -2.16. The highest BCUT2D eigenvalue weighted by Crippen LogP contribution is 2.40. The summed E-state index contributed by atoms with van der Waals surface area (Å²) in [6.45, 7) is 0. The van der Waals surface area contributed by atoms with Crippen molar-refractivity contribution in [1.82, 2.24) is 0 Å². The van der Waals surface area contributed by atoms with Crippen LogP contribution in [-0.2, 0) is 0 Å². The summed E-state index contributed by atoms with van der Waals surface area (Å²) in [6, 6.07) is 6.23. The van der Waals surface area contributed by atoms with Crippen LogP contribution in [0.15, 0.2) is 48.2 Å². The summed E-state index contributed by atoms with van der Waals surface area (Å²) in [5, 5.41) is 0. The van der Waals surface area contributed by atoms with Gasteiger partial charge in [-0.25, -0.2) is 0 Å². The molecule has 92 valence electrons. The lowest BCUT2D eigenvalue weighted by Crippen LogP contribution is -2.08. The van der Waals surface area contributed by atoms with Gasteiger partial charge in [0.15, 0.2) is 0 Å². The predicted molar refractivity (Wildman–Crippen MR) is 74.6 cm³/mol. The highest BCUT2D eigenvalue weighted by Gasteiger charge is 2.27. The van der Waals surface area contributed by atoms with Crippen molar-refractivity contribution in [2.24, 2.45) is 5.73 Å². The molecule has 2 N–H and O–H groups in total. The van der Waals surface area contributed by atoms with Crippen molar-refractivity contribution in [3.8, 4) is 5.75 Å². The fourth-order valence-corrected chi connectivity index (χ4v) is 2.28. The Bertz CT molecular complexity index is 582. The maximum Gasteiger partial charge on any atom is 0.143 e. The highest BCUT2D eigenvalue weighted by atomic mass is 16.5. The van der Waals surface area contributed by atoms with Gasteiger partial charge in [-0.05, 0) is 36.4 Å². The molecule has 0 amide bonds. The SMILES string of the molecule is CN(C)c1ccc2c(c1)C1=CC(N)=CC=CC1O2. The van der Waals surface area contributed by atoms with Crippen LogP contribution in [0.25, 0.3) is 5.57 Å². The normalized spacial score (nSPS) is 20.2. The van der Waals surface area contributed by atoms with Crippen LogP contribution in [0.2, 0.25) is 0 Å². The van der Waals surface area contributed by atoms with E-state index < -0.39 is 0 Å². The molecule has 1 aromatic rings. The molecule has 0 radical (unpaired) electrons. The number of nitrogens with zero attached hydrogens (tertiary/aromatic N) is 1. The number of ether oxygens (including phenoxy) is 1. The Morgan fingerprint density at radius 2 is 2.11 bits per heavy atom. The monoisotopic (exact) mass is 240 g/mol. The maximum atomic E-state index is 5.91. The summed E-state index contributed by atoms with van der Waals surface area (Å²) < 4.78 is 5.91. The number of hydrogen-bond donors (Lipinski definition) is 1. The molecule has 0 spiro atoms. The average molecular weight is 240 g/mol. The van der Waals surface area contributed by atoms with E-state index in [1.54, 1.807) is 0 Å². The first-order valence-electron chi connectivity index (χ1n) is 5.99. The van der Waals surface area contributed by atoms with E-state index in [9.17, 15) is 0 Å². The van der Waals surface area contributed by atoms with Crippen molar-refractivity contribution in [2.45, 2.75) is 6.10 Å². The Kier molecular flexibility index (Phi) is 2.40. The molecular weight excluding hydrogens is 224 g/mol. The second-order valence-electron chi connectivity index (χ2n) is 4.76. The summed E-state index contributed by atoms with van der Waals surface area (Å²) in [4.78, 5) is 2.08. The maximum absolute atomic E-state index is 5.91. The number of anilines is 1. The molecule has 1 aliphatic heterocycles. The molecule has 1 unspecified atom stereocenters. The number of hydrogen-bond acceptors (Lipinski definition) is 3. The molecule has 0 aromatic heterocycles. The third-order valence-electron chi connectivity index (χ3n) is 3.25. The number of allylic oxidation sites excluding steroid dienone is 3.